The molecule has 71 heavy (non-hydrogen) atoms. The molecule has 0 aromatic heterocycles. The minimum absolute atomic E-state index is 0.0206. The van der Waals surface area contributed by atoms with Gasteiger partial charge in [0.15, 0.2) is 0 Å². The second kappa shape index (κ2) is 61.4. The number of unbranched alkanes of at least 4 members (excludes halogenated alkanes) is 51. The molecule has 2 unspecified atom stereocenters. The molecule has 424 valence electrons. The summed E-state index contributed by atoms with van der Waals surface area (Å²) >= 11 is 0. The van der Waals surface area contributed by atoms with E-state index in [4.69, 9.17) is 4.74 Å². The number of hydrogen-bond donors (Lipinski definition) is 3. The number of carbonyl (C=O) groups is 2. The number of ether oxygens (including phenoxy) is 1. The topological polar surface area (TPSA) is 95.9 Å². The Bertz CT molecular complexity index is 1020. The van der Waals surface area contributed by atoms with Crippen molar-refractivity contribution in [2.24, 2.45) is 0 Å². The van der Waals surface area contributed by atoms with E-state index in [-0.39, 0.29) is 18.5 Å². The summed E-state index contributed by atoms with van der Waals surface area (Å²) in [5, 5.41) is 23.3. The molecule has 0 aliphatic heterocycles. The van der Waals surface area contributed by atoms with Gasteiger partial charge in [-0.15, -0.1) is 0 Å². The average Bonchev–Trinajstić information content (AvgIpc) is 3.37. The third-order valence-corrected chi connectivity index (χ3v) is 15.7. The molecule has 0 aliphatic rings. The molecule has 0 fully saturated rings. The second-order valence-corrected chi connectivity index (χ2v) is 22.8. The van der Waals surface area contributed by atoms with Crippen LogP contribution in [0.3, 0.4) is 0 Å². The lowest BCUT2D eigenvalue weighted by molar-refractivity contribution is -0.143. The highest BCUT2D eigenvalue weighted by molar-refractivity contribution is 5.76. The third-order valence-electron chi connectivity index (χ3n) is 15.7. The molecule has 2 atom stereocenters. The van der Waals surface area contributed by atoms with Crippen molar-refractivity contribution in [3.63, 3.8) is 0 Å². The number of amides is 1. The lowest BCUT2D eigenvalue weighted by atomic mass is 10.0. The van der Waals surface area contributed by atoms with Crippen LogP contribution in [0, 0.1) is 0 Å². The van der Waals surface area contributed by atoms with Crippen molar-refractivity contribution in [2.75, 3.05) is 13.2 Å². The van der Waals surface area contributed by atoms with Crippen molar-refractivity contribution >= 4 is 11.9 Å². The normalized spacial score (nSPS) is 12.5. The number of hydrogen-bond acceptors (Lipinski definition) is 5. The van der Waals surface area contributed by atoms with Crippen LogP contribution in [-0.2, 0) is 14.3 Å². The number of aliphatic hydroxyl groups is 2. The molecule has 0 aromatic rings. The Morgan fingerprint density at radius 3 is 0.859 bits per heavy atom. The maximum absolute atomic E-state index is 12.5. The lowest BCUT2D eigenvalue weighted by Crippen LogP contribution is -2.45. The van der Waals surface area contributed by atoms with E-state index in [1.807, 2.05) is 0 Å². The van der Waals surface area contributed by atoms with Gasteiger partial charge in [-0.05, 0) is 25.7 Å². The first-order chi connectivity index (χ1) is 35.0. The molecule has 0 aromatic carbocycles. The van der Waals surface area contributed by atoms with Crippen molar-refractivity contribution in [2.45, 2.75) is 392 Å². The predicted molar refractivity (Wildman–Crippen MR) is 310 cm³/mol. The van der Waals surface area contributed by atoms with Gasteiger partial charge in [0, 0.05) is 12.8 Å². The molecule has 0 radical (unpaired) electrons. The summed E-state index contributed by atoms with van der Waals surface area (Å²) < 4.78 is 5.47. The zero-order valence-corrected chi connectivity index (χ0v) is 48.5. The lowest BCUT2D eigenvalue weighted by Gasteiger charge is -2.22. The molecule has 0 bridgehead atoms. The van der Waals surface area contributed by atoms with Gasteiger partial charge in [-0.3, -0.25) is 9.59 Å². The number of rotatable bonds is 62. The van der Waals surface area contributed by atoms with E-state index in [1.165, 1.54) is 308 Å². The standard InChI is InChI=1S/C65H129NO5/c1-3-5-7-9-11-13-15-34-38-41-45-49-53-57-63(68)62(61-67)66-64(69)58-54-50-46-42-39-35-32-30-28-26-24-22-20-18-16-17-19-21-23-25-27-29-31-33-36-40-44-48-52-56-60-71-65(70)59-55-51-47-43-37-14-12-10-8-6-4-2/h62-63,67-68H,3-61H2,1-2H3,(H,66,69). The molecule has 6 heteroatoms. The van der Waals surface area contributed by atoms with E-state index in [0.29, 0.717) is 25.9 Å². The summed E-state index contributed by atoms with van der Waals surface area (Å²) in [7, 11) is 0. The summed E-state index contributed by atoms with van der Waals surface area (Å²) in [5.41, 5.74) is 0. The van der Waals surface area contributed by atoms with Gasteiger partial charge in [-0.25, -0.2) is 0 Å². The first kappa shape index (κ1) is 69.9. The Balaban J connectivity index is 3.31. The first-order valence-corrected chi connectivity index (χ1v) is 32.8. The van der Waals surface area contributed by atoms with Crippen LogP contribution in [0.25, 0.3) is 0 Å². The number of esters is 1. The van der Waals surface area contributed by atoms with Gasteiger partial charge < -0.3 is 20.3 Å². The second-order valence-electron chi connectivity index (χ2n) is 22.8. The highest BCUT2D eigenvalue weighted by Gasteiger charge is 2.20. The Morgan fingerprint density at radius 2 is 0.577 bits per heavy atom. The molecule has 0 aliphatic carbocycles. The number of aliphatic hydroxyl groups excluding tert-OH is 2. The fourth-order valence-corrected chi connectivity index (χ4v) is 10.6. The van der Waals surface area contributed by atoms with Crippen LogP contribution in [0.4, 0.5) is 0 Å². The molecule has 0 heterocycles. The van der Waals surface area contributed by atoms with Crippen LogP contribution in [0.15, 0.2) is 0 Å². The molecule has 0 rings (SSSR count). The van der Waals surface area contributed by atoms with Crippen LogP contribution in [0.2, 0.25) is 0 Å². The fraction of sp³-hybridized carbons (Fsp3) is 0.969. The van der Waals surface area contributed by atoms with Crippen molar-refractivity contribution in [3.8, 4) is 0 Å². The smallest absolute Gasteiger partial charge is 0.305 e. The van der Waals surface area contributed by atoms with Crippen LogP contribution < -0.4 is 5.32 Å². The van der Waals surface area contributed by atoms with Crippen LogP contribution in [0.5, 0.6) is 0 Å². The van der Waals surface area contributed by atoms with E-state index in [2.05, 4.69) is 19.2 Å². The largest absolute Gasteiger partial charge is 0.466 e. The van der Waals surface area contributed by atoms with Crippen LogP contribution >= 0.6 is 0 Å². The van der Waals surface area contributed by atoms with Crippen molar-refractivity contribution in [1.82, 2.24) is 5.32 Å². The van der Waals surface area contributed by atoms with Crippen LogP contribution in [0.1, 0.15) is 380 Å². The molecule has 1 amide bonds. The highest BCUT2D eigenvalue weighted by atomic mass is 16.5. The third kappa shape index (κ3) is 58.0. The van der Waals surface area contributed by atoms with E-state index < -0.39 is 12.1 Å². The molecule has 6 nitrogen and oxygen atoms in total. The van der Waals surface area contributed by atoms with E-state index in [1.54, 1.807) is 0 Å². The minimum Gasteiger partial charge on any atom is -0.466 e. The maximum Gasteiger partial charge on any atom is 0.305 e. The predicted octanol–water partition coefficient (Wildman–Crippen LogP) is 20.6. The number of nitrogens with one attached hydrogen (secondary N) is 1. The summed E-state index contributed by atoms with van der Waals surface area (Å²) in [4.78, 5) is 24.5. The highest BCUT2D eigenvalue weighted by Crippen LogP contribution is 2.19. The van der Waals surface area contributed by atoms with Gasteiger partial charge in [0.2, 0.25) is 5.91 Å². The SMILES string of the molecule is CCCCCCCCCCCCCCCC(O)C(CO)NC(=O)CCCCCCCCCCCCCCCCCCCCCCCCCCCCCCCCOC(=O)CCCCCCCCCCCCC. The van der Waals surface area contributed by atoms with Crippen molar-refractivity contribution in [1.29, 1.82) is 0 Å². The molecular formula is C65H129NO5. The fourth-order valence-electron chi connectivity index (χ4n) is 10.6. The molecular weight excluding hydrogens is 875 g/mol. The zero-order chi connectivity index (χ0) is 51.4. The average molecular weight is 1000 g/mol. The quantitative estimate of drug-likeness (QED) is 0.0417. The minimum atomic E-state index is -0.659. The van der Waals surface area contributed by atoms with E-state index in [0.717, 1.165) is 38.5 Å². The van der Waals surface area contributed by atoms with Gasteiger partial charge in [-0.2, -0.15) is 0 Å². The van der Waals surface area contributed by atoms with Gasteiger partial charge >= 0.3 is 5.97 Å². The number of carbonyl (C=O) groups excluding carboxylic acids is 2. The Kier molecular flexibility index (Phi) is 60.4. The van der Waals surface area contributed by atoms with Gasteiger partial charge in [0.25, 0.3) is 0 Å². The Hall–Kier alpha value is -1.14. The molecule has 3 N–H and O–H groups in total. The molecule has 0 spiro atoms. The zero-order valence-electron chi connectivity index (χ0n) is 48.5. The first-order valence-electron chi connectivity index (χ1n) is 32.8. The van der Waals surface area contributed by atoms with E-state index >= 15 is 0 Å². The van der Waals surface area contributed by atoms with E-state index in [9.17, 15) is 19.8 Å². The molecule has 0 saturated heterocycles. The van der Waals surface area contributed by atoms with Crippen LogP contribution in [-0.4, -0.2) is 47.4 Å². The Morgan fingerprint density at radius 1 is 0.338 bits per heavy atom. The molecule has 0 saturated carbocycles. The Labute approximate surface area is 445 Å². The summed E-state index contributed by atoms with van der Waals surface area (Å²) in [5.74, 6) is -0.00796. The summed E-state index contributed by atoms with van der Waals surface area (Å²) in [6.07, 6.45) is 72.8. The van der Waals surface area contributed by atoms with Crippen molar-refractivity contribution < 1.29 is 24.5 Å². The van der Waals surface area contributed by atoms with Gasteiger partial charge in [-0.1, -0.05) is 341 Å². The monoisotopic (exact) mass is 1000 g/mol. The summed E-state index contributed by atoms with van der Waals surface area (Å²) in [6, 6.07) is -0.536. The van der Waals surface area contributed by atoms with Crippen molar-refractivity contribution in [3.05, 3.63) is 0 Å². The van der Waals surface area contributed by atoms with Gasteiger partial charge in [0.05, 0.1) is 25.4 Å². The maximum atomic E-state index is 12.5. The van der Waals surface area contributed by atoms with Gasteiger partial charge in [0.1, 0.15) is 0 Å². The summed E-state index contributed by atoms with van der Waals surface area (Å²) in [6.45, 7) is 4.98.